The summed E-state index contributed by atoms with van der Waals surface area (Å²) in [5, 5.41) is 10.9. The fourth-order valence-corrected chi connectivity index (χ4v) is 3.68. The standard InChI is InChI=1S/C18H21NO4S/c1-3-4-5-14-7-10-16(11-8-14)19-24(22,23)17-12-15(18(20)21)9-6-13(17)2/h6-12,19H,3-5H2,1-2H3,(H,20,21)/p-1. The van der Waals surface area contributed by atoms with E-state index in [1.807, 2.05) is 12.1 Å². The molecule has 5 nitrogen and oxygen atoms in total. The van der Waals surface area contributed by atoms with E-state index in [1.165, 1.54) is 12.1 Å². The minimum atomic E-state index is -3.87. The number of benzene rings is 2. The summed E-state index contributed by atoms with van der Waals surface area (Å²) in [7, 11) is -3.87. The van der Waals surface area contributed by atoms with Gasteiger partial charge in [0, 0.05) is 5.69 Å². The average molecular weight is 346 g/mol. The van der Waals surface area contributed by atoms with Crippen molar-refractivity contribution in [3.63, 3.8) is 0 Å². The van der Waals surface area contributed by atoms with E-state index < -0.39 is 16.0 Å². The summed E-state index contributed by atoms with van der Waals surface area (Å²) in [6, 6.07) is 11.1. The van der Waals surface area contributed by atoms with E-state index in [2.05, 4.69) is 11.6 Å². The summed E-state index contributed by atoms with van der Waals surface area (Å²) in [5.74, 6) is -1.41. The smallest absolute Gasteiger partial charge is 0.262 e. The zero-order valence-electron chi connectivity index (χ0n) is 13.7. The third-order valence-corrected chi connectivity index (χ3v) is 5.26. The van der Waals surface area contributed by atoms with Crippen LogP contribution < -0.4 is 9.83 Å². The van der Waals surface area contributed by atoms with Gasteiger partial charge < -0.3 is 9.90 Å². The molecule has 2 aromatic carbocycles. The van der Waals surface area contributed by atoms with Gasteiger partial charge in [0.1, 0.15) is 0 Å². The number of anilines is 1. The number of carboxylic acids is 1. The largest absolute Gasteiger partial charge is 0.545 e. The van der Waals surface area contributed by atoms with Crippen molar-refractivity contribution in [3.05, 3.63) is 59.2 Å². The Morgan fingerprint density at radius 1 is 1.12 bits per heavy atom. The van der Waals surface area contributed by atoms with E-state index in [0.29, 0.717) is 11.3 Å². The van der Waals surface area contributed by atoms with Crippen molar-refractivity contribution < 1.29 is 18.3 Å². The highest BCUT2D eigenvalue weighted by Crippen LogP contribution is 2.21. The van der Waals surface area contributed by atoms with Crippen LogP contribution in [0.15, 0.2) is 47.4 Å². The number of carbonyl (C=O) groups is 1. The first-order valence-corrected chi connectivity index (χ1v) is 9.25. The molecule has 0 saturated heterocycles. The van der Waals surface area contributed by atoms with Gasteiger partial charge in [-0.1, -0.05) is 37.6 Å². The van der Waals surface area contributed by atoms with Gasteiger partial charge in [0.15, 0.2) is 0 Å². The zero-order valence-corrected chi connectivity index (χ0v) is 14.5. The predicted octanol–water partition coefficient (Wildman–Crippen LogP) is 2.50. The number of aryl methyl sites for hydroxylation is 2. The number of nitrogens with one attached hydrogen (secondary N) is 1. The van der Waals surface area contributed by atoms with Crippen LogP contribution in [-0.4, -0.2) is 14.4 Å². The van der Waals surface area contributed by atoms with Crippen molar-refractivity contribution in [1.82, 2.24) is 0 Å². The fourth-order valence-electron chi connectivity index (χ4n) is 2.35. The molecule has 0 bridgehead atoms. The van der Waals surface area contributed by atoms with Gasteiger partial charge in [0.2, 0.25) is 0 Å². The van der Waals surface area contributed by atoms with E-state index in [4.69, 9.17) is 0 Å². The highest BCUT2D eigenvalue weighted by atomic mass is 32.2. The Balaban J connectivity index is 2.25. The second-order valence-electron chi connectivity index (χ2n) is 5.67. The van der Waals surface area contributed by atoms with Crippen LogP contribution in [0.3, 0.4) is 0 Å². The summed E-state index contributed by atoms with van der Waals surface area (Å²) in [5.41, 5.74) is 1.88. The Bertz CT molecular complexity index is 827. The van der Waals surface area contributed by atoms with E-state index in [-0.39, 0.29) is 10.5 Å². The molecule has 2 aromatic rings. The zero-order chi connectivity index (χ0) is 17.7. The molecule has 0 unspecified atom stereocenters. The SMILES string of the molecule is CCCCc1ccc(NS(=O)(=O)c2cc(C(=O)[O-])ccc2C)cc1. The van der Waals surface area contributed by atoms with Gasteiger partial charge in [0.25, 0.3) is 10.0 Å². The van der Waals surface area contributed by atoms with E-state index in [1.54, 1.807) is 19.1 Å². The number of carboxylic acid groups (broad SMARTS) is 1. The second kappa shape index (κ2) is 7.49. The molecule has 128 valence electrons. The molecule has 0 fully saturated rings. The number of hydrogen-bond acceptors (Lipinski definition) is 4. The van der Waals surface area contributed by atoms with Crippen molar-refractivity contribution in [2.75, 3.05) is 4.72 Å². The number of rotatable bonds is 7. The Morgan fingerprint density at radius 3 is 2.38 bits per heavy atom. The van der Waals surface area contributed by atoms with Crippen LogP contribution in [0.2, 0.25) is 0 Å². The summed E-state index contributed by atoms with van der Waals surface area (Å²) in [6.07, 6.45) is 3.14. The fraction of sp³-hybridized carbons (Fsp3) is 0.278. The van der Waals surface area contributed by atoms with Crippen molar-refractivity contribution >= 4 is 21.7 Å². The van der Waals surface area contributed by atoms with Crippen molar-refractivity contribution in [2.45, 2.75) is 38.0 Å². The first-order valence-electron chi connectivity index (χ1n) is 7.77. The first kappa shape index (κ1) is 18.0. The lowest BCUT2D eigenvalue weighted by Crippen LogP contribution is -2.23. The molecule has 0 aromatic heterocycles. The molecule has 6 heteroatoms. The molecule has 0 spiro atoms. The summed E-state index contributed by atoms with van der Waals surface area (Å²) in [4.78, 5) is 10.9. The number of unbranched alkanes of at least 4 members (excludes halogenated alkanes) is 1. The number of hydrogen-bond donors (Lipinski definition) is 1. The van der Waals surface area contributed by atoms with Crippen LogP contribution in [0.1, 0.15) is 41.3 Å². The molecule has 0 heterocycles. The van der Waals surface area contributed by atoms with Gasteiger partial charge >= 0.3 is 0 Å². The number of aromatic carboxylic acids is 1. The molecule has 24 heavy (non-hydrogen) atoms. The van der Waals surface area contributed by atoms with Gasteiger partial charge in [-0.3, -0.25) is 4.72 Å². The number of sulfonamides is 1. The van der Waals surface area contributed by atoms with Crippen LogP contribution in [-0.2, 0) is 16.4 Å². The lowest BCUT2D eigenvalue weighted by atomic mass is 10.1. The van der Waals surface area contributed by atoms with Gasteiger partial charge in [-0.05, 0) is 54.7 Å². The van der Waals surface area contributed by atoms with Crippen LogP contribution in [0.4, 0.5) is 5.69 Å². The Morgan fingerprint density at radius 2 is 1.79 bits per heavy atom. The molecule has 0 radical (unpaired) electrons. The molecule has 0 saturated carbocycles. The molecule has 0 aliphatic heterocycles. The van der Waals surface area contributed by atoms with Gasteiger partial charge in [-0.25, -0.2) is 8.42 Å². The average Bonchev–Trinajstić information content (AvgIpc) is 2.54. The summed E-state index contributed by atoms with van der Waals surface area (Å²) < 4.78 is 27.5. The molecule has 0 aliphatic carbocycles. The van der Waals surface area contributed by atoms with E-state index in [9.17, 15) is 18.3 Å². The maximum Gasteiger partial charge on any atom is 0.262 e. The Kier molecular flexibility index (Phi) is 5.62. The van der Waals surface area contributed by atoms with Gasteiger partial charge in [-0.15, -0.1) is 0 Å². The topological polar surface area (TPSA) is 86.3 Å². The lowest BCUT2D eigenvalue weighted by molar-refractivity contribution is -0.255. The first-order chi connectivity index (χ1) is 11.3. The highest BCUT2D eigenvalue weighted by molar-refractivity contribution is 7.92. The van der Waals surface area contributed by atoms with E-state index in [0.717, 1.165) is 30.9 Å². The molecule has 1 N–H and O–H groups in total. The van der Waals surface area contributed by atoms with Crippen LogP contribution in [0, 0.1) is 6.92 Å². The maximum atomic E-state index is 12.5. The molecule has 0 atom stereocenters. The predicted molar refractivity (Wildman–Crippen MR) is 91.4 cm³/mol. The molecule has 2 rings (SSSR count). The Hall–Kier alpha value is -2.34. The minimum absolute atomic E-state index is 0.0701. The van der Waals surface area contributed by atoms with Crippen LogP contribution >= 0.6 is 0 Å². The molecular formula is C18H20NO4S-. The third kappa shape index (κ3) is 4.35. The van der Waals surface area contributed by atoms with E-state index >= 15 is 0 Å². The summed E-state index contributed by atoms with van der Waals surface area (Å²) in [6.45, 7) is 3.73. The monoisotopic (exact) mass is 346 g/mol. The van der Waals surface area contributed by atoms with Gasteiger partial charge in [0.05, 0.1) is 10.9 Å². The normalized spacial score (nSPS) is 11.2. The van der Waals surface area contributed by atoms with Crippen molar-refractivity contribution in [3.8, 4) is 0 Å². The number of carbonyl (C=O) groups excluding carboxylic acids is 1. The molecule has 0 aliphatic rings. The van der Waals surface area contributed by atoms with Crippen LogP contribution in [0.25, 0.3) is 0 Å². The third-order valence-electron chi connectivity index (χ3n) is 3.74. The van der Waals surface area contributed by atoms with Crippen LogP contribution in [0.5, 0.6) is 0 Å². The maximum absolute atomic E-state index is 12.5. The second-order valence-corrected chi connectivity index (χ2v) is 7.32. The van der Waals surface area contributed by atoms with Crippen molar-refractivity contribution in [1.29, 1.82) is 0 Å². The molecule has 0 amide bonds. The van der Waals surface area contributed by atoms with Gasteiger partial charge in [-0.2, -0.15) is 0 Å². The minimum Gasteiger partial charge on any atom is -0.545 e. The summed E-state index contributed by atoms with van der Waals surface area (Å²) >= 11 is 0. The van der Waals surface area contributed by atoms with Crippen molar-refractivity contribution in [2.24, 2.45) is 0 Å². The quantitative estimate of drug-likeness (QED) is 0.834. The molecular weight excluding hydrogens is 326 g/mol. The lowest BCUT2D eigenvalue weighted by Gasteiger charge is -2.13. The highest BCUT2D eigenvalue weighted by Gasteiger charge is 2.17. The Labute approximate surface area is 142 Å².